The topological polar surface area (TPSA) is 42.5 Å². The third-order valence-electron chi connectivity index (χ3n) is 2.79. The number of hydrazine groups is 1. The number of ether oxygens (including phenoxy) is 2. The Bertz CT molecular complexity index is 575. The van der Waals surface area contributed by atoms with E-state index in [-0.39, 0.29) is 6.79 Å². The molecule has 0 amide bonds. The predicted molar refractivity (Wildman–Crippen MR) is 77.2 cm³/mol. The Hall–Kier alpha value is -1.72. The minimum Gasteiger partial charge on any atom is -0.454 e. The van der Waals surface area contributed by atoms with Gasteiger partial charge in [0.2, 0.25) is 6.79 Å². The highest BCUT2D eigenvalue weighted by Crippen LogP contribution is 2.39. The van der Waals surface area contributed by atoms with Gasteiger partial charge in [0.05, 0.1) is 4.47 Å². The summed E-state index contributed by atoms with van der Waals surface area (Å²) in [6.45, 7) is 0.969. The van der Waals surface area contributed by atoms with Crippen molar-refractivity contribution in [1.82, 2.24) is 5.43 Å². The summed E-state index contributed by atoms with van der Waals surface area (Å²) in [6.07, 6.45) is 0. The van der Waals surface area contributed by atoms with E-state index in [1.54, 1.807) is 0 Å². The van der Waals surface area contributed by atoms with Gasteiger partial charge in [0.1, 0.15) is 0 Å². The first-order valence-electron chi connectivity index (χ1n) is 5.95. The lowest BCUT2D eigenvalue weighted by atomic mass is 10.2. The Kier molecular flexibility index (Phi) is 3.57. The second-order valence-corrected chi connectivity index (χ2v) is 5.01. The van der Waals surface area contributed by atoms with Gasteiger partial charge < -0.3 is 14.9 Å². The van der Waals surface area contributed by atoms with Gasteiger partial charge in [-0.25, -0.2) is 5.43 Å². The lowest BCUT2D eigenvalue weighted by Gasteiger charge is -2.09. The van der Waals surface area contributed by atoms with Gasteiger partial charge in [-0.15, -0.1) is 0 Å². The number of benzene rings is 2. The Morgan fingerprint density at radius 1 is 1.11 bits per heavy atom. The molecule has 0 saturated carbocycles. The maximum absolute atomic E-state index is 5.38. The van der Waals surface area contributed by atoms with Crippen LogP contribution < -0.4 is 20.3 Å². The smallest absolute Gasteiger partial charge is 0.231 e. The third kappa shape index (κ3) is 2.83. The Morgan fingerprint density at radius 2 is 1.95 bits per heavy atom. The van der Waals surface area contributed by atoms with E-state index in [9.17, 15) is 0 Å². The first-order chi connectivity index (χ1) is 9.33. The second kappa shape index (κ2) is 5.50. The summed E-state index contributed by atoms with van der Waals surface area (Å²) < 4.78 is 11.7. The molecule has 3 rings (SSSR count). The molecule has 2 N–H and O–H groups in total. The molecule has 0 fully saturated rings. The summed E-state index contributed by atoms with van der Waals surface area (Å²) in [5, 5.41) is 0. The molecular formula is C14H13BrN2O2. The van der Waals surface area contributed by atoms with Gasteiger partial charge in [0, 0.05) is 12.2 Å². The van der Waals surface area contributed by atoms with Gasteiger partial charge in [-0.1, -0.05) is 18.2 Å². The number of fused-ring (bicyclic) bond motifs is 1. The largest absolute Gasteiger partial charge is 0.454 e. The highest BCUT2D eigenvalue weighted by atomic mass is 79.9. The minimum absolute atomic E-state index is 0.285. The number of rotatable bonds is 4. The van der Waals surface area contributed by atoms with E-state index in [0.717, 1.165) is 27.2 Å². The summed E-state index contributed by atoms with van der Waals surface area (Å²) in [4.78, 5) is 0. The first kappa shape index (κ1) is 12.3. The number of hydrogen-bond acceptors (Lipinski definition) is 4. The molecule has 0 aliphatic carbocycles. The van der Waals surface area contributed by atoms with Gasteiger partial charge >= 0.3 is 0 Å². The summed E-state index contributed by atoms with van der Waals surface area (Å²) in [5.41, 5.74) is 8.45. The fourth-order valence-electron chi connectivity index (χ4n) is 1.89. The van der Waals surface area contributed by atoms with Crippen molar-refractivity contribution in [1.29, 1.82) is 0 Å². The molecule has 0 saturated heterocycles. The van der Waals surface area contributed by atoms with Crippen molar-refractivity contribution in [3.63, 3.8) is 0 Å². The van der Waals surface area contributed by atoms with Gasteiger partial charge in [-0.2, -0.15) is 0 Å². The summed E-state index contributed by atoms with van der Waals surface area (Å²) in [6, 6.07) is 14.0. The van der Waals surface area contributed by atoms with Gasteiger partial charge in [0.15, 0.2) is 11.5 Å². The molecule has 1 aliphatic rings. The van der Waals surface area contributed by atoms with Crippen LogP contribution in [0.2, 0.25) is 0 Å². The average Bonchev–Trinajstić information content (AvgIpc) is 2.89. The molecule has 4 nitrogen and oxygen atoms in total. The number of para-hydroxylation sites is 1. The van der Waals surface area contributed by atoms with Crippen LogP contribution in [0.3, 0.4) is 0 Å². The highest BCUT2D eigenvalue weighted by molar-refractivity contribution is 9.10. The summed E-state index contributed by atoms with van der Waals surface area (Å²) in [7, 11) is 0. The van der Waals surface area contributed by atoms with Crippen molar-refractivity contribution in [3.05, 3.63) is 52.5 Å². The SMILES string of the molecule is Brc1cc(CNNc2ccccc2)cc2c1OCO2. The van der Waals surface area contributed by atoms with Crippen LogP contribution in [0.5, 0.6) is 11.5 Å². The molecule has 0 atom stereocenters. The average molecular weight is 321 g/mol. The Balaban J connectivity index is 1.63. The molecular weight excluding hydrogens is 308 g/mol. The molecule has 0 unspecified atom stereocenters. The maximum atomic E-state index is 5.38. The highest BCUT2D eigenvalue weighted by Gasteiger charge is 2.17. The van der Waals surface area contributed by atoms with Crippen molar-refractivity contribution in [2.24, 2.45) is 0 Å². The quantitative estimate of drug-likeness (QED) is 0.848. The molecule has 0 aromatic heterocycles. The van der Waals surface area contributed by atoms with E-state index >= 15 is 0 Å². The number of nitrogens with one attached hydrogen (secondary N) is 2. The van der Waals surface area contributed by atoms with Crippen LogP contribution >= 0.6 is 15.9 Å². The van der Waals surface area contributed by atoms with E-state index in [1.807, 2.05) is 42.5 Å². The molecule has 2 aromatic rings. The van der Waals surface area contributed by atoms with Gasteiger partial charge in [0.25, 0.3) is 0 Å². The third-order valence-corrected chi connectivity index (χ3v) is 3.38. The van der Waals surface area contributed by atoms with E-state index in [4.69, 9.17) is 9.47 Å². The predicted octanol–water partition coefficient (Wildman–Crippen LogP) is 3.29. The van der Waals surface area contributed by atoms with Gasteiger partial charge in [-0.3, -0.25) is 0 Å². The van der Waals surface area contributed by atoms with E-state index < -0.39 is 0 Å². The molecule has 19 heavy (non-hydrogen) atoms. The monoisotopic (exact) mass is 320 g/mol. The minimum atomic E-state index is 0.285. The van der Waals surface area contributed by atoms with Gasteiger partial charge in [-0.05, 0) is 45.8 Å². The van der Waals surface area contributed by atoms with Crippen LogP contribution in [-0.4, -0.2) is 6.79 Å². The molecule has 2 aromatic carbocycles. The zero-order chi connectivity index (χ0) is 13.1. The van der Waals surface area contributed by atoms with Crippen LogP contribution in [0.25, 0.3) is 0 Å². The van der Waals surface area contributed by atoms with Crippen molar-refractivity contribution >= 4 is 21.6 Å². The van der Waals surface area contributed by atoms with Crippen molar-refractivity contribution in [3.8, 4) is 11.5 Å². The molecule has 5 heteroatoms. The molecule has 98 valence electrons. The van der Waals surface area contributed by atoms with Crippen LogP contribution in [0.1, 0.15) is 5.56 Å². The van der Waals surface area contributed by atoms with E-state index in [1.165, 1.54) is 0 Å². The molecule has 1 aliphatic heterocycles. The Morgan fingerprint density at radius 3 is 2.79 bits per heavy atom. The standard InChI is InChI=1S/C14H13BrN2O2/c15-12-6-10(7-13-14(12)19-9-18-13)8-16-17-11-4-2-1-3-5-11/h1-7,16-17H,8-9H2. The van der Waals surface area contributed by atoms with Crippen LogP contribution in [-0.2, 0) is 6.54 Å². The van der Waals surface area contributed by atoms with Crippen molar-refractivity contribution < 1.29 is 9.47 Å². The lowest BCUT2D eigenvalue weighted by molar-refractivity contribution is 0.173. The Labute approximate surface area is 119 Å². The number of anilines is 1. The fraction of sp³-hybridized carbons (Fsp3) is 0.143. The zero-order valence-electron chi connectivity index (χ0n) is 10.2. The zero-order valence-corrected chi connectivity index (χ0v) is 11.7. The normalized spacial score (nSPS) is 12.5. The van der Waals surface area contributed by atoms with Crippen LogP contribution in [0.4, 0.5) is 5.69 Å². The van der Waals surface area contributed by atoms with Crippen LogP contribution in [0, 0.1) is 0 Å². The fourth-order valence-corrected chi connectivity index (χ4v) is 2.50. The lowest BCUT2D eigenvalue weighted by Crippen LogP contribution is -2.20. The molecule has 0 spiro atoms. The molecule has 0 radical (unpaired) electrons. The second-order valence-electron chi connectivity index (χ2n) is 4.16. The summed E-state index contributed by atoms with van der Waals surface area (Å²) in [5.74, 6) is 1.56. The van der Waals surface area contributed by atoms with Crippen molar-refractivity contribution in [2.75, 3.05) is 12.2 Å². The number of hydrogen-bond donors (Lipinski definition) is 2. The first-order valence-corrected chi connectivity index (χ1v) is 6.74. The molecule has 1 heterocycles. The summed E-state index contributed by atoms with van der Waals surface area (Å²) >= 11 is 3.48. The van der Waals surface area contributed by atoms with Crippen LogP contribution in [0.15, 0.2) is 46.9 Å². The number of halogens is 1. The molecule has 0 bridgehead atoms. The van der Waals surface area contributed by atoms with E-state index in [2.05, 4.69) is 26.8 Å². The van der Waals surface area contributed by atoms with Crippen molar-refractivity contribution in [2.45, 2.75) is 6.54 Å². The van der Waals surface area contributed by atoms with E-state index in [0.29, 0.717) is 6.54 Å². The maximum Gasteiger partial charge on any atom is 0.231 e.